The van der Waals surface area contributed by atoms with Crippen LogP contribution in [0, 0.1) is 6.92 Å². The molecule has 1 atom stereocenters. The summed E-state index contributed by atoms with van der Waals surface area (Å²) in [5.41, 5.74) is 5.03. The number of amides is 3. The summed E-state index contributed by atoms with van der Waals surface area (Å²) in [4.78, 5) is 38.5. The molecular formula is C22H26N6O4S. The number of phenols is 1. The molecule has 1 fully saturated rings. The van der Waals surface area contributed by atoms with Gasteiger partial charge in [-0.05, 0) is 37.5 Å². The third-order valence-electron chi connectivity index (χ3n) is 5.10. The lowest BCUT2D eigenvalue weighted by Gasteiger charge is -2.14. The van der Waals surface area contributed by atoms with Crippen LogP contribution >= 0.6 is 11.8 Å². The third kappa shape index (κ3) is 6.02. The summed E-state index contributed by atoms with van der Waals surface area (Å²) in [7, 11) is 0. The minimum Gasteiger partial charge on any atom is -0.507 e. The molecule has 1 saturated heterocycles. The van der Waals surface area contributed by atoms with Gasteiger partial charge in [-0.15, -0.1) is 0 Å². The molecule has 33 heavy (non-hydrogen) atoms. The zero-order chi connectivity index (χ0) is 24.0. The number of thioether (sulfide) groups is 1. The van der Waals surface area contributed by atoms with Gasteiger partial charge in [-0.2, -0.15) is 5.10 Å². The fourth-order valence-electron chi connectivity index (χ4n) is 3.50. The van der Waals surface area contributed by atoms with E-state index in [9.17, 15) is 19.5 Å². The molecule has 3 rings (SSSR count). The third-order valence-corrected chi connectivity index (χ3v) is 6.17. The molecule has 0 saturated carbocycles. The number of hydrogen-bond acceptors (Lipinski definition) is 8. The quantitative estimate of drug-likeness (QED) is 0.169. The predicted octanol–water partition coefficient (Wildman–Crippen LogP) is 1.81. The predicted molar refractivity (Wildman–Crippen MR) is 127 cm³/mol. The molecule has 174 valence electrons. The van der Waals surface area contributed by atoms with Crippen LogP contribution in [0.3, 0.4) is 0 Å². The number of phenolic OH excluding ortho intramolecular Hbond substituents is 1. The summed E-state index contributed by atoms with van der Waals surface area (Å²) in [6, 6.07) is 12.3. The van der Waals surface area contributed by atoms with E-state index in [1.54, 1.807) is 6.07 Å². The highest BCUT2D eigenvalue weighted by Gasteiger charge is 2.39. The van der Waals surface area contributed by atoms with E-state index in [0.717, 1.165) is 22.9 Å². The fourth-order valence-corrected chi connectivity index (χ4v) is 4.55. The molecule has 11 heteroatoms. The smallest absolute Gasteiger partial charge is 0.289 e. The van der Waals surface area contributed by atoms with Crippen LogP contribution in [0.2, 0.25) is 0 Å². The van der Waals surface area contributed by atoms with Gasteiger partial charge in [0.25, 0.3) is 5.24 Å². The van der Waals surface area contributed by atoms with Crippen LogP contribution in [0.1, 0.15) is 29.5 Å². The van der Waals surface area contributed by atoms with Gasteiger partial charge in [0.1, 0.15) is 5.75 Å². The zero-order valence-corrected chi connectivity index (χ0v) is 18.9. The number of carbonyl (C=O) groups is 3. The van der Waals surface area contributed by atoms with Gasteiger partial charge in [0, 0.05) is 24.7 Å². The van der Waals surface area contributed by atoms with Crippen molar-refractivity contribution in [1.29, 1.82) is 0 Å². The first kappa shape index (κ1) is 24.1. The summed E-state index contributed by atoms with van der Waals surface area (Å²) in [6.07, 6.45) is 0.919. The van der Waals surface area contributed by atoms with Crippen LogP contribution in [0.4, 0.5) is 10.5 Å². The number of nitrogens with one attached hydrogen (secondary N) is 2. The topological polar surface area (TPSA) is 163 Å². The maximum atomic E-state index is 12.7. The number of rotatable bonds is 8. The van der Waals surface area contributed by atoms with Crippen LogP contribution in [0.25, 0.3) is 0 Å². The van der Waals surface area contributed by atoms with E-state index in [1.807, 2.05) is 31.2 Å². The van der Waals surface area contributed by atoms with Gasteiger partial charge in [-0.25, -0.2) is 5.84 Å². The Hall–Kier alpha value is -3.57. The van der Waals surface area contributed by atoms with Gasteiger partial charge in [-0.1, -0.05) is 41.6 Å². The summed E-state index contributed by atoms with van der Waals surface area (Å²) >= 11 is 1.03. The number of hydrazone groups is 1. The molecule has 3 amide bonds. The molecule has 1 aliphatic heterocycles. The number of hydrogen-bond donors (Lipinski definition) is 5. The van der Waals surface area contributed by atoms with Gasteiger partial charge in [0.15, 0.2) is 5.84 Å². The van der Waals surface area contributed by atoms with Crippen LogP contribution in [-0.2, 0) is 16.0 Å². The van der Waals surface area contributed by atoms with E-state index >= 15 is 0 Å². The monoisotopic (exact) mass is 470 g/mol. The van der Waals surface area contributed by atoms with Crippen molar-refractivity contribution in [2.75, 3.05) is 11.9 Å². The van der Waals surface area contributed by atoms with Crippen LogP contribution in [-0.4, -0.2) is 44.7 Å². The van der Waals surface area contributed by atoms with Crippen molar-refractivity contribution in [1.82, 2.24) is 10.3 Å². The number of aryl methyl sites for hydroxylation is 1. The van der Waals surface area contributed by atoms with Crippen LogP contribution in [0.5, 0.6) is 5.75 Å². The second-order valence-corrected chi connectivity index (χ2v) is 8.72. The largest absolute Gasteiger partial charge is 0.507 e. The van der Waals surface area contributed by atoms with Crippen molar-refractivity contribution >= 4 is 40.3 Å². The van der Waals surface area contributed by atoms with Crippen molar-refractivity contribution in [2.24, 2.45) is 16.8 Å². The lowest BCUT2D eigenvalue weighted by atomic mass is 10.1. The molecule has 1 heterocycles. The molecule has 1 aliphatic rings. The molecule has 10 nitrogen and oxygen atoms in total. The van der Waals surface area contributed by atoms with Crippen molar-refractivity contribution in [3.05, 3.63) is 59.2 Å². The van der Waals surface area contributed by atoms with Gasteiger partial charge in [0.2, 0.25) is 11.8 Å². The first-order chi connectivity index (χ1) is 15.8. The van der Waals surface area contributed by atoms with E-state index < -0.39 is 5.25 Å². The van der Waals surface area contributed by atoms with E-state index in [0.29, 0.717) is 18.5 Å². The molecule has 0 aliphatic carbocycles. The standard InChI is InChI=1S/C22H26N6O4S/c1-13-4-2-5-14(10-13)11-18-21(31)28(22(32)33-18)9-3-6-19(30)25-15-7-8-16(17(29)12-15)20(26-23)27-24/h2,4-5,7-8,10,12,18,29H,3,6,9,11,23-24H2,1H3,(H,25,30)(H,26,27). The van der Waals surface area contributed by atoms with Crippen LogP contribution < -0.4 is 22.4 Å². The Morgan fingerprint density at radius 3 is 2.70 bits per heavy atom. The Morgan fingerprint density at radius 1 is 1.24 bits per heavy atom. The van der Waals surface area contributed by atoms with Gasteiger partial charge >= 0.3 is 0 Å². The summed E-state index contributed by atoms with van der Waals surface area (Å²) < 4.78 is 0. The highest BCUT2D eigenvalue weighted by atomic mass is 32.2. The highest BCUT2D eigenvalue weighted by Crippen LogP contribution is 2.30. The normalized spacial score (nSPS) is 16.2. The number of benzene rings is 2. The Bertz CT molecular complexity index is 1090. The molecule has 2 aromatic rings. The maximum absolute atomic E-state index is 12.7. The highest BCUT2D eigenvalue weighted by molar-refractivity contribution is 8.15. The molecule has 1 unspecified atom stereocenters. The zero-order valence-electron chi connectivity index (χ0n) is 18.1. The minimum absolute atomic E-state index is 0.0869. The number of amidine groups is 1. The Morgan fingerprint density at radius 2 is 2.03 bits per heavy atom. The van der Waals surface area contributed by atoms with Gasteiger partial charge in [0.05, 0.1) is 10.8 Å². The van der Waals surface area contributed by atoms with E-state index in [2.05, 4.69) is 15.8 Å². The fraction of sp³-hybridized carbons (Fsp3) is 0.273. The molecular weight excluding hydrogens is 444 g/mol. The molecule has 0 radical (unpaired) electrons. The minimum atomic E-state index is -0.445. The second kappa shape index (κ2) is 10.8. The van der Waals surface area contributed by atoms with Gasteiger partial charge in [-0.3, -0.25) is 19.3 Å². The lowest BCUT2D eigenvalue weighted by molar-refractivity contribution is -0.127. The molecule has 0 bridgehead atoms. The number of nitrogens with two attached hydrogens (primary N) is 2. The summed E-state index contributed by atoms with van der Waals surface area (Å²) in [5, 5.41) is 15.4. The molecule has 2 aromatic carbocycles. The van der Waals surface area contributed by atoms with Crippen LogP contribution in [0.15, 0.2) is 47.6 Å². The van der Waals surface area contributed by atoms with Crippen molar-refractivity contribution in [3.8, 4) is 5.75 Å². The average molecular weight is 471 g/mol. The van der Waals surface area contributed by atoms with E-state index in [4.69, 9.17) is 11.7 Å². The number of nitrogens with zero attached hydrogens (tertiary/aromatic N) is 2. The first-order valence-electron chi connectivity index (χ1n) is 10.3. The maximum Gasteiger partial charge on any atom is 0.289 e. The molecule has 0 aromatic heterocycles. The average Bonchev–Trinajstić information content (AvgIpc) is 3.03. The lowest BCUT2D eigenvalue weighted by Crippen LogP contribution is -2.33. The van der Waals surface area contributed by atoms with E-state index in [-0.39, 0.29) is 47.2 Å². The molecule has 0 spiro atoms. The number of hydrazine groups is 1. The number of carbonyl (C=O) groups excluding carboxylic acids is 3. The summed E-state index contributed by atoms with van der Waals surface area (Å²) in [6.45, 7) is 2.15. The Balaban J connectivity index is 1.49. The van der Waals surface area contributed by atoms with E-state index in [1.165, 1.54) is 17.0 Å². The van der Waals surface area contributed by atoms with Crippen molar-refractivity contribution < 1.29 is 19.5 Å². The van der Waals surface area contributed by atoms with Crippen molar-refractivity contribution in [2.45, 2.75) is 31.4 Å². The Kier molecular flexibility index (Phi) is 7.91. The Labute approximate surface area is 195 Å². The van der Waals surface area contributed by atoms with Gasteiger partial charge < -0.3 is 21.7 Å². The number of imide groups is 1. The SMILES string of the molecule is Cc1cccc(CC2SC(=O)N(CCCC(=O)Nc3ccc(/C(=N/N)NN)c(O)c3)C2=O)c1. The number of aromatic hydroxyl groups is 1. The summed E-state index contributed by atoms with van der Waals surface area (Å²) in [5.74, 6) is 9.87. The second-order valence-electron chi connectivity index (χ2n) is 7.56. The first-order valence-corrected chi connectivity index (χ1v) is 11.2. The van der Waals surface area contributed by atoms with Crippen molar-refractivity contribution in [3.63, 3.8) is 0 Å². The number of anilines is 1. The molecule has 7 N–H and O–H groups in total.